The average Bonchev–Trinajstić information content (AvgIpc) is 2.59. The zero-order valence-electron chi connectivity index (χ0n) is 16.3. The van der Waals surface area contributed by atoms with E-state index in [1.54, 1.807) is 11.1 Å². The van der Waals surface area contributed by atoms with Gasteiger partial charge in [0, 0.05) is 0 Å². The van der Waals surface area contributed by atoms with E-state index in [1.807, 2.05) is 0 Å². The van der Waals surface area contributed by atoms with Crippen molar-refractivity contribution in [3.05, 3.63) is 35.7 Å². The molecule has 1 atom stereocenters. The summed E-state index contributed by atoms with van der Waals surface area (Å²) in [6.45, 7) is 18.3. The number of nitrogens with zero attached hydrogens (tertiary/aromatic N) is 2. The van der Waals surface area contributed by atoms with Crippen LogP contribution in [0.3, 0.4) is 0 Å². The first-order chi connectivity index (χ1) is 11.1. The normalized spacial score (nSPS) is 21.0. The monoisotopic (exact) mass is 374 g/mol. The molecule has 0 aromatic heterocycles. The van der Waals surface area contributed by atoms with Crippen molar-refractivity contribution in [1.82, 2.24) is 9.80 Å². The molecule has 0 aromatic rings. The van der Waals surface area contributed by atoms with Crippen LogP contribution in [-0.4, -0.2) is 52.2 Å². The van der Waals surface area contributed by atoms with Gasteiger partial charge >= 0.3 is 150 Å². The van der Waals surface area contributed by atoms with Crippen molar-refractivity contribution in [2.45, 2.75) is 62.4 Å². The van der Waals surface area contributed by atoms with E-state index in [1.165, 1.54) is 9.95 Å². The quantitative estimate of drug-likeness (QED) is 0.505. The molecule has 0 heterocycles. The fraction of sp³-hybridized carbons (Fsp3) is 0.700. The van der Waals surface area contributed by atoms with E-state index in [0.29, 0.717) is 0 Å². The second-order valence-corrected chi connectivity index (χ2v) is 14.5. The number of allylic oxidation sites excluding steroid dienone is 4. The minimum absolute atomic E-state index is 0.767. The molecule has 1 rings (SSSR count). The Balaban J connectivity index is 3.23. The molecule has 0 N–H and O–H groups in total. The Kier molecular flexibility index (Phi) is 9.88. The molecule has 0 saturated heterocycles. The maximum atomic E-state index is 2.49. The molecule has 0 bridgehead atoms. The summed E-state index contributed by atoms with van der Waals surface area (Å²) in [6, 6.07) is 0. The van der Waals surface area contributed by atoms with E-state index in [-0.39, 0.29) is 0 Å². The zero-order valence-corrected chi connectivity index (χ0v) is 18.7. The molecule has 0 spiro atoms. The van der Waals surface area contributed by atoms with Gasteiger partial charge in [-0.25, -0.2) is 0 Å². The van der Waals surface area contributed by atoms with Crippen LogP contribution < -0.4 is 0 Å². The summed E-state index contributed by atoms with van der Waals surface area (Å²) in [6.07, 6.45) is 10.9. The van der Waals surface area contributed by atoms with Gasteiger partial charge in [-0.2, -0.15) is 0 Å². The van der Waals surface area contributed by atoms with E-state index < -0.39 is 16.2 Å². The second kappa shape index (κ2) is 11.1. The molecule has 0 fully saturated rings. The predicted molar refractivity (Wildman–Crippen MR) is 106 cm³/mol. The first-order valence-corrected chi connectivity index (χ1v) is 14.5. The molecule has 1 unspecified atom stereocenters. The van der Waals surface area contributed by atoms with E-state index in [0.717, 1.165) is 37.1 Å². The number of hydrogen-bond donors (Lipinski definition) is 0. The van der Waals surface area contributed by atoms with Crippen LogP contribution >= 0.6 is 0 Å². The maximum absolute atomic E-state index is 2.49. The molecule has 2 nitrogen and oxygen atoms in total. The van der Waals surface area contributed by atoms with Crippen LogP contribution in [0.1, 0.15) is 48.0 Å². The summed E-state index contributed by atoms with van der Waals surface area (Å²) in [5, 5.41) is 0. The van der Waals surface area contributed by atoms with Crippen molar-refractivity contribution >= 4 is 16.2 Å². The van der Waals surface area contributed by atoms with Gasteiger partial charge in [0.05, 0.1) is 0 Å². The zero-order chi connectivity index (χ0) is 17.2. The molecule has 130 valence electrons. The second-order valence-electron chi connectivity index (χ2n) is 6.44. The van der Waals surface area contributed by atoms with E-state index in [9.17, 15) is 0 Å². The van der Waals surface area contributed by atoms with E-state index in [2.05, 4.69) is 75.9 Å². The van der Waals surface area contributed by atoms with Gasteiger partial charge in [-0.1, -0.05) is 0 Å². The van der Waals surface area contributed by atoms with Crippen molar-refractivity contribution in [1.29, 1.82) is 0 Å². The van der Waals surface area contributed by atoms with Gasteiger partial charge in [-0.15, -0.1) is 0 Å². The van der Waals surface area contributed by atoms with Gasteiger partial charge in [-0.05, 0) is 0 Å². The molecule has 23 heavy (non-hydrogen) atoms. The summed E-state index contributed by atoms with van der Waals surface area (Å²) < 4.78 is 0.767. The van der Waals surface area contributed by atoms with Gasteiger partial charge in [0.1, 0.15) is 0 Å². The number of rotatable bonds is 9. The Morgan fingerprint density at radius 3 is 1.91 bits per heavy atom. The topological polar surface area (TPSA) is 6.48 Å². The standard InChI is InChI=1S/C16H27N2.2C2H5.Ga/c1-5-17(6-2)13-15-10-9-11-16(12-15)14-18(7-3)8-4;2*1-2;/h9-10,12-14H,5-8,11H2,1-4H3;2*1H2,2H3;/b15-13-,16-14+;;;. The molecule has 0 aliphatic heterocycles. The molecule has 1 aliphatic rings. The minimum atomic E-state index is -1.33. The third kappa shape index (κ3) is 5.79. The molecule has 0 saturated carbocycles. The Bertz CT molecular complexity index is 413. The summed E-state index contributed by atoms with van der Waals surface area (Å²) in [4.78, 5) is 7.80. The Morgan fingerprint density at radius 2 is 1.43 bits per heavy atom. The Morgan fingerprint density at radius 1 is 0.913 bits per heavy atom. The van der Waals surface area contributed by atoms with Crippen molar-refractivity contribution in [2.75, 3.05) is 26.2 Å². The predicted octanol–water partition coefficient (Wildman–Crippen LogP) is 5.30. The summed E-state index contributed by atoms with van der Waals surface area (Å²) in [5.41, 5.74) is 3.27. The Labute approximate surface area is 150 Å². The van der Waals surface area contributed by atoms with Crippen LogP contribution in [0.2, 0.25) is 14.4 Å². The van der Waals surface area contributed by atoms with Crippen LogP contribution in [0.15, 0.2) is 35.7 Å². The van der Waals surface area contributed by atoms with Gasteiger partial charge < -0.3 is 0 Å². The fourth-order valence-corrected chi connectivity index (χ4v) is 10.1. The van der Waals surface area contributed by atoms with Gasteiger partial charge in [0.2, 0.25) is 0 Å². The van der Waals surface area contributed by atoms with Gasteiger partial charge in [0.15, 0.2) is 0 Å². The van der Waals surface area contributed by atoms with Crippen molar-refractivity contribution in [3.63, 3.8) is 0 Å². The molecule has 0 amide bonds. The molecular weight excluding hydrogens is 338 g/mol. The van der Waals surface area contributed by atoms with E-state index >= 15 is 0 Å². The summed E-state index contributed by atoms with van der Waals surface area (Å²) >= 11 is -1.33. The Hall–Kier alpha value is -0.544. The van der Waals surface area contributed by atoms with Crippen LogP contribution in [0, 0.1) is 0 Å². The summed E-state index contributed by atoms with van der Waals surface area (Å²) in [7, 11) is 0. The first kappa shape index (κ1) is 20.5. The molecule has 0 radical (unpaired) electrons. The third-order valence-corrected chi connectivity index (χ3v) is 13.3. The van der Waals surface area contributed by atoms with Crippen LogP contribution in [0.4, 0.5) is 0 Å². The third-order valence-electron chi connectivity index (χ3n) is 5.25. The van der Waals surface area contributed by atoms with Crippen molar-refractivity contribution < 1.29 is 0 Å². The van der Waals surface area contributed by atoms with Crippen molar-refractivity contribution in [2.24, 2.45) is 0 Å². The van der Waals surface area contributed by atoms with Crippen LogP contribution in [0.25, 0.3) is 0 Å². The molecular formula is C20H37GaN2. The van der Waals surface area contributed by atoms with Crippen LogP contribution in [0.5, 0.6) is 0 Å². The molecule has 1 aliphatic carbocycles. The van der Waals surface area contributed by atoms with Gasteiger partial charge in [0.25, 0.3) is 0 Å². The van der Waals surface area contributed by atoms with Crippen LogP contribution in [-0.2, 0) is 0 Å². The van der Waals surface area contributed by atoms with Gasteiger partial charge in [-0.3, -0.25) is 0 Å². The SMILES string of the molecule is CCN(/C=C1/C=CC/C(=C\N(CC)CC)[CH]1[Ga]([CH2]C)[CH2]C)CC. The average molecular weight is 375 g/mol. The summed E-state index contributed by atoms with van der Waals surface area (Å²) in [5.74, 6) is 0. The van der Waals surface area contributed by atoms with E-state index in [4.69, 9.17) is 0 Å². The molecule has 3 heteroatoms. The molecule has 0 aromatic carbocycles. The fourth-order valence-electron chi connectivity index (χ4n) is 3.62. The first-order valence-electron chi connectivity index (χ1n) is 9.71. The van der Waals surface area contributed by atoms with Crippen molar-refractivity contribution in [3.8, 4) is 0 Å². The number of hydrogen-bond acceptors (Lipinski definition) is 2.